The Morgan fingerprint density at radius 2 is 2.00 bits per heavy atom. The smallest absolute Gasteiger partial charge is 0.262 e. The van der Waals surface area contributed by atoms with Crippen molar-refractivity contribution in [1.82, 2.24) is 4.90 Å². The molecular weight excluding hydrogens is 291 g/mol. The van der Waals surface area contributed by atoms with Crippen molar-refractivity contribution in [2.75, 3.05) is 13.1 Å². The van der Waals surface area contributed by atoms with Crippen LogP contribution in [0.1, 0.15) is 15.9 Å². The molecule has 0 N–H and O–H groups in total. The number of carbonyl (C=O) groups excluding carboxylic acids is 1. The van der Waals surface area contributed by atoms with Crippen LogP contribution in [0.15, 0.2) is 53.5 Å². The SMILES string of the molecule is O=C(c1ccccc1F)N1CCN=C1c1cccc(Cl)c1. The molecule has 0 aliphatic carbocycles. The van der Waals surface area contributed by atoms with Gasteiger partial charge in [-0.25, -0.2) is 4.39 Å². The van der Waals surface area contributed by atoms with Crippen LogP contribution in [0.25, 0.3) is 0 Å². The predicted octanol–water partition coefficient (Wildman–Crippen LogP) is 3.38. The van der Waals surface area contributed by atoms with Crippen molar-refractivity contribution in [1.29, 1.82) is 0 Å². The van der Waals surface area contributed by atoms with Crippen LogP contribution in [-0.2, 0) is 0 Å². The lowest BCUT2D eigenvalue weighted by atomic mass is 10.1. The molecule has 21 heavy (non-hydrogen) atoms. The summed E-state index contributed by atoms with van der Waals surface area (Å²) >= 11 is 5.97. The fourth-order valence-electron chi connectivity index (χ4n) is 2.30. The van der Waals surface area contributed by atoms with Crippen molar-refractivity contribution in [2.45, 2.75) is 0 Å². The molecule has 1 aliphatic heterocycles. The first-order chi connectivity index (χ1) is 10.2. The summed E-state index contributed by atoms with van der Waals surface area (Å²) in [5, 5.41) is 0.570. The molecule has 1 amide bonds. The molecule has 3 rings (SSSR count). The second-order valence-electron chi connectivity index (χ2n) is 4.65. The maximum absolute atomic E-state index is 13.8. The normalized spacial score (nSPS) is 14.2. The fourth-order valence-corrected chi connectivity index (χ4v) is 2.49. The minimum absolute atomic E-state index is 0.0501. The molecule has 1 aliphatic rings. The van der Waals surface area contributed by atoms with Crippen molar-refractivity contribution in [3.8, 4) is 0 Å². The number of amides is 1. The van der Waals surface area contributed by atoms with E-state index in [2.05, 4.69) is 4.99 Å². The molecule has 0 atom stereocenters. The summed E-state index contributed by atoms with van der Waals surface area (Å²) in [6, 6.07) is 13.1. The third-order valence-corrected chi connectivity index (χ3v) is 3.51. The summed E-state index contributed by atoms with van der Waals surface area (Å²) in [4.78, 5) is 18.3. The largest absolute Gasteiger partial charge is 0.291 e. The van der Waals surface area contributed by atoms with E-state index in [1.807, 2.05) is 6.07 Å². The van der Waals surface area contributed by atoms with Gasteiger partial charge in [-0.3, -0.25) is 14.7 Å². The molecule has 2 aromatic rings. The van der Waals surface area contributed by atoms with E-state index in [-0.39, 0.29) is 11.5 Å². The maximum atomic E-state index is 13.8. The average molecular weight is 303 g/mol. The number of amidine groups is 1. The van der Waals surface area contributed by atoms with Gasteiger partial charge in [0.05, 0.1) is 12.1 Å². The van der Waals surface area contributed by atoms with Gasteiger partial charge in [-0.2, -0.15) is 0 Å². The van der Waals surface area contributed by atoms with E-state index < -0.39 is 5.82 Å². The highest BCUT2D eigenvalue weighted by Crippen LogP contribution is 2.19. The summed E-state index contributed by atoms with van der Waals surface area (Å²) in [6.07, 6.45) is 0. The zero-order valence-electron chi connectivity index (χ0n) is 11.1. The molecule has 0 spiro atoms. The third kappa shape index (κ3) is 2.67. The second kappa shape index (κ2) is 5.66. The molecule has 1 heterocycles. The molecule has 0 radical (unpaired) electrons. The van der Waals surface area contributed by atoms with Crippen LogP contribution in [0, 0.1) is 5.82 Å². The molecule has 0 saturated heterocycles. The average Bonchev–Trinajstić information content (AvgIpc) is 2.96. The van der Waals surface area contributed by atoms with Gasteiger partial charge in [0.2, 0.25) is 0 Å². The zero-order chi connectivity index (χ0) is 14.8. The minimum Gasteiger partial charge on any atom is -0.291 e. The van der Waals surface area contributed by atoms with E-state index in [0.29, 0.717) is 23.9 Å². The number of hydrogen-bond donors (Lipinski definition) is 0. The molecule has 3 nitrogen and oxygen atoms in total. The van der Waals surface area contributed by atoms with E-state index in [0.717, 1.165) is 5.56 Å². The van der Waals surface area contributed by atoms with Gasteiger partial charge in [-0.15, -0.1) is 0 Å². The van der Waals surface area contributed by atoms with E-state index in [1.165, 1.54) is 17.0 Å². The Morgan fingerprint density at radius 1 is 1.19 bits per heavy atom. The van der Waals surface area contributed by atoms with E-state index >= 15 is 0 Å². The molecule has 2 aromatic carbocycles. The van der Waals surface area contributed by atoms with Crippen molar-refractivity contribution < 1.29 is 9.18 Å². The highest BCUT2D eigenvalue weighted by atomic mass is 35.5. The molecule has 106 valence electrons. The third-order valence-electron chi connectivity index (χ3n) is 3.27. The summed E-state index contributed by atoms with van der Waals surface area (Å²) in [5.74, 6) is -0.380. The Balaban J connectivity index is 1.94. The highest BCUT2D eigenvalue weighted by Gasteiger charge is 2.27. The Labute approximate surface area is 126 Å². The van der Waals surface area contributed by atoms with Crippen LogP contribution in [0.5, 0.6) is 0 Å². The number of nitrogens with zero attached hydrogens (tertiary/aromatic N) is 2. The van der Waals surface area contributed by atoms with Crippen molar-refractivity contribution in [3.63, 3.8) is 0 Å². The van der Waals surface area contributed by atoms with Crippen LogP contribution >= 0.6 is 11.6 Å². The van der Waals surface area contributed by atoms with Crippen molar-refractivity contribution in [2.24, 2.45) is 4.99 Å². The molecule has 0 bridgehead atoms. The Bertz CT molecular complexity index is 730. The minimum atomic E-state index is -0.528. The Kier molecular flexibility index (Phi) is 3.71. The van der Waals surface area contributed by atoms with Crippen LogP contribution in [0.2, 0.25) is 5.02 Å². The van der Waals surface area contributed by atoms with Crippen LogP contribution < -0.4 is 0 Å². The number of rotatable bonds is 2. The Morgan fingerprint density at radius 3 is 2.76 bits per heavy atom. The lowest BCUT2D eigenvalue weighted by molar-refractivity contribution is 0.0854. The van der Waals surface area contributed by atoms with Gasteiger partial charge in [0.25, 0.3) is 5.91 Å². The summed E-state index contributed by atoms with van der Waals surface area (Å²) < 4.78 is 13.8. The van der Waals surface area contributed by atoms with Gasteiger partial charge in [0.1, 0.15) is 11.7 Å². The summed E-state index contributed by atoms with van der Waals surface area (Å²) in [6.45, 7) is 0.942. The van der Waals surface area contributed by atoms with Gasteiger partial charge in [0, 0.05) is 17.1 Å². The molecule has 0 saturated carbocycles. The lowest BCUT2D eigenvalue weighted by Gasteiger charge is -2.19. The number of hydrogen-bond acceptors (Lipinski definition) is 2. The van der Waals surface area contributed by atoms with Gasteiger partial charge >= 0.3 is 0 Å². The van der Waals surface area contributed by atoms with E-state index in [1.54, 1.807) is 30.3 Å². The molecule has 5 heteroatoms. The topological polar surface area (TPSA) is 32.7 Å². The zero-order valence-corrected chi connectivity index (χ0v) is 11.8. The molecule has 0 unspecified atom stereocenters. The quantitative estimate of drug-likeness (QED) is 0.837. The van der Waals surface area contributed by atoms with Gasteiger partial charge in [0.15, 0.2) is 0 Å². The van der Waals surface area contributed by atoms with Crippen LogP contribution in [0.3, 0.4) is 0 Å². The molecular formula is C16H12ClFN2O. The number of halogens is 2. The first kappa shape index (κ1) is 13.8. The number of aliphatic imine (C=N–C) groups is 1. The lowest BCUT2D eigenvalue weighted by Crippen LogP contribution is -2.35. The fraction of sp³-hybridized carbons (Fsp3) is 0.125. The Hall–Kier alpha value is -2.20. The first-order valence-corrected chi connectivity index (χ1v) is 6.91. The van der Waals surface area contributed by atoms with E-state index in [4.69, 9.17) is 11.6 Å². The summed E-state index contributed by atoms with van der Waals surface area (Å²) in [7, 11) is 0. The number of benzene rings is 2. The van der Waals surface area contributed by atoms with Crippen LogP contribution in [-0.4, -0.2) is 29.7 Å². The van der Waals surface area contributed by atoms with Gasteiger partial charge < -0.3 is 0 Å². The van der Waals surface area contributed by atoms with Gasteiger partial charge in [-0.05, 0) is 24.3 Å². The van der Waals surface area contributed by atoms with Gasteiger partial charge in [-0.1, -0.05) is 35.9 Å². The van der Waals surface area contributed by atoms with E-state index in [9.17, 15) is 9.18 Å². The number of carbonyl (C=O) groups is 1. The predicted molar refractivity (Wildman–Crippen MR) is 80.3 cm³/mol. The highest BCUT2D eigenvalue weighted by molar-refractivity contribution is 6.31. The summed E-state index contributed by atoms with van der Waals surface area (Å²) in [5.41, 5.74) is 0.804. The molecule has 0 aromatic heterocycles. The standard InChI is InChI=1S/C16H12ClFN2O/c17-12-5-3-4-11(10-12)15-19-8-9-20(15)16(21)13-6-1-2-7-14(13)18/h1-7,10H,8-9H2. The van der Waals surface area contributed by atoms with Crippen LogP contribution in [0.4, 0.5) is 4.39 Å². The first-order valence-electron chi connectivity index (χ1n) is 6.53. The second-order valence-corrected chi connectivity index (χ2v) is 5.09. The van der Waals surface area contributed by atoms with Crippen molar-refractivity contribution >= 4 is 23.3 Å². The monoisotopic (exact) mass is 302 g/mol. The molecule has 0 fully saturated rings. The maximum Gasteiger partial charge on any atom is 0.262 e. The van der Waals surface area contributed by atoms with Crippen molar-refractivity contribution in [3.05, 3.63) is 70.5 Å².